The number of carbonyl (C=O) groups is 2. The third-order valence-corrected chi connectivity index (χ3v) is 4.19. The predicted octanol–water partition coefficient (Wildman–Crippen LogP) is 3.50. The first kappa shape index (κ1) is 18.2. The van der Waals surface area contributed by atoms with Crippen LogP contribution in [0.25, 0.3) is 17.1 Å². The largest absolute Gasteiger partial charge is 0.455 e. The van der Waals surface area contributed by atoms with Crippen LogP contribution in [0.1, 0.15) is 26.5 Å². The van der Waals surface area contributed by atoms with Crippen LogP contribution in [0.3, 0.4) is 0 Å². The van der Waals surface area contributed by atoms with E-state index < -0.39 is 5.97 Å². The van der Waals surface area contributed by atoms with Crippen molar-refractivity contribution in [1.29, 1.82) is 0 Å². The van der Waals surface area contributed by atoms with Crippen molar-refractivity contribution in [3.8, 4) is 17.1 Å². The molecule has 0 N–H and O–H groups in total. The van der Waals surface area contributed by atoms with Gasteiger partial charge in [0.15, 0.2) is 12.1 Å². The van der Waals surface area contributed by atoms with Crippen LogP contribution in [-0.4, -0.2) is 32.0 Å². The van der Waals surface area contributed by atoms with Crippen molar-refractivity contribution in [3.05, 3.63) is 96.1 Å². The first-order valence-electron chi connectivity index (χ1n) is 8.89. The van der Waals surface area contributed by atoms with E-state index in [9.17, 15) is 9.59 Å². The summed E-state index contributed by atoms with van der Waals surface area (Å²) in [4.78, 5) is 32.0. The minimum Gasteiger partial charge on any atom is -0.455 e. The lowest BCUT2D eigenvalue weighted by Crippen LogP contribution is -2.12. The molecular formula is C22H16N4O3. The monoisotopic (exact) mass is 384 g/mol. The molecule has 0 bridgehead atoms. The molecule has 0 atom stereocenters. The highest BCUT2D eigenvalue weighted by molar-refractivity contribution is 5.86. The van der Waals surface area contributed by atoms with Gasteiger partial charge >= 0.3 is 5.97 Å². The molecule has 0 saturated heterocycles. The Morgan fingerprint density at radius 1 is 1.00 bits per heavy atom. The van der Waals surface area contributed by atoms with Crippen molar-refractivity contribution in [2.24, 2.45) is 0 Å². The van der Waals surface area contributed by atoms with E-state index in [1.165, 1.54) is 10.9 Å². The summed E-state index contributed by atoms with van der Waals surface area (Å²) >= 11 is 0. The van der Waals surface area contributed by atoms with Gasteiger partial charge in [-0.2, -0.15) is 5.10 Å². The average Bonchev–Trinajstić information content (AvgIpc) is 3.23. The van der Waals surface area contributed by atoms with E-state index >= 15 is 0 Å². The summed E-state index contributed by atoms with van der Waals surface area (Å²) in [5.74, 6) is -0.360. The van der Waals surface area contributed by atoms with E-state index in [0.717, 1.165) is 17.4 Å². The molecule has 0 aliphatic carbocycles. The van der Waals surface area contributed by atoms with Gasteiger partial charge in [-0.1, -0.05) is 60.7 Å². The highest BCUT2D eigenvalue weighted by Crippen LogP contribution is 2.21. The second-order valence-electron chi connectivity index (χ2n) is 6.16. The zero-order valence-corrected chi connectivity index (χ0v) is 15.3. The SMILES string of the molecule is O=Cc1cn(-c2ccnc(C(=O)OCc3ccccc3)n2)nc1-c1ccccc1. The summed E-state index contributed by atoms with van der Waals surface area (Å²) in [7, 11) is 0. The van der Waals surface area contributed by atoms with Gasteiger partial charge in [0.2, 0.25) is 5.82 Å². The number of esters is 1. The van der Waals surface area contributed by atoms with Crippen LogP contribution in [-0.2, 0) is 11.3 Å². The Hall–Kier alpha value is -4.13. The van der Waals surface area contributed by atoms with Gasteiger partial charge in [0.25, 0.3) is 0 Å². The maximum absolute atomic E-state index is 12.3. The molecule has 0 aliphatic heterocycles. The second kappa shape index (κ2) is 8.26. The third-order valence-electron chi connectivity index (χ3n) is 4.19. The molecule has 29 heavy (non-hydrogen) atoms. The van der Waals surface area contributed by atoms with Crippen LogP contribution in [0.2, 0.25) is 0 Å². The number of hydrogen-bond donors (Lipinski definition) is 0. The van der Waals surface area contributed by atoms with Crippen LogP contribution in [0.5, 0.6) is 0 Å². The van der Waals surface area contributed by atoms with Gasteiger partial charge < -0.3 is 4.74 Å². The first-order chi connectivity index (χ1) is 14.2. The lowest BCUT2D eigenvalue weighted by Gasteiger charge is -2.05. The minimum atomic E-state index is -0.637. The van der Waals surface area contributed by atoms with Crippen LogP contribution < -0.4 is 0 Å². The van der Waals surface area contributed by atoms with E-state index in [0.29, 0.717) is 17.1 Å². The number of ether oxygens (including phenoxy) is 1. The summed E-state index contributed by atoms with van der Waals surface area (Å²) in [5, 5.41) is 4.46. The van der Waals surface area contributed by atoms with Crippen molar-refractivity contribution in [2.45, 2.75) is 6.61 Å². The molecule has 4 aromatic rings. The Bertz CT molecular complexity index is 1140. The molecule has 0 aliphatic rings. The number of hydrogen-bond acceptors (Lipinski definition) is 6. The summed E-state index contributed by atoms with van der Waals surface area (Å²) in [6.45, 7) is 0.127. The fraction of sp³-hybridized carbons (Fsp3) is 0.0455. The maximum atomic E-state index is 12.3. The first-order valence-corrected chi connectivity index (χ1v) is 8.89. The van der Waals surface area contributed by atoms with Crippen LogP contribution in [0.15, 0.2) is 79.1 Å². The van der Waals surface area contributed by atoms with Crippen molar-refractivity contribution >= 4 is 12.3 Å². The zero-order valence-electron chi connectivity index (χ0n) is 15.3. The minimum absolute atomic E-state index is 0.0807. The maximum Gasteiger partial charge on any atom is 0.376 e. The van der Waals surface area contributed by atoms with Gasteiger partial charge in [-0.3, -0.25) is 4.79 Å². The van der Waals surface area contributed by atoms with Gasteiger partial charge in [-0.25, -0.2) is 19.4 Å². The van der Waals surface area contributed by atoms with E-state index in [2.05, 4.69) is 15.1 Å². The zero-order chi connectivity index (χ0) is 20.1. The number of aromatic nitrogens is 4. The molecule has 2 aromatic carbocycles. The molecule has 2 heterocycles. The molecule has 7 nitrogen and oxygen atoms in total. The number of rotatable bonds is 6. The molecule has 0 amide bonds. The molecule has 2 aromatic heterocycles. The van der Waals surface area contributed by atoms with Crippen molar-refractivity contribution in [1.82, 2.24) is 19.7 Å². The summed E-state index contributed by atoms with van der Waals surface area (Å²) < 4.78 is 6.72. The fourth-order valence-corrected chi connectivity index (χ4v) is 2.77. The quantitative estimate of drug-likeness (QED) is 0.374. The highest BCUT2D eigenvalue weighted by Gasteiger charge is 2.15. The highest BCUT2D eigenvalue weighted by atomic mass is 16.5. The number of carbonyl (C=O) groups excluding carboxylic acids is 2. The predicted molar refractivity (Wildman–Crippen MR) is 106 cm³/mol. The van der Waals surface area contributed by atoms with Gasteiger partial charge in [0, 0.05) is 24.0 Å². The standard InChI is InChI=1S/C22H16N4O3/c27-14-18-13-26(25-20(18)17-9-5-2-6-10-17)19-11-12-23-21(24-19)22(28)29-15-16-7-3-1-4-8-16/h1-14H,15H2. The van der Waals surface area contributed by atoms with Crippen LogP contribution in [0, 0.1) is 0 Å². The smallest absolute Gasteiger partial charge is 0.376 e. The van der Waals surface area contributed by atoms with Gasteiger partial charge in [-0.15, -0.1) is 0 Å². The molecular weight excluding hydrogens is 368 g/mol. The molecule has 0 saturated carbocycles. The van der Waals surface area contributed by atoms with Gasteiger partial charge in [0.1, 0.15) is 12.3 Å². The molecule has 0 spiro atoms. The van der Waals surface area contributed by atoms with Crippen LogP contribution >= 0.6 is 0 Å². The fourth-order valence-electron chi connectivity index (χ4n) is 2.77. The topological polar surface area (TPSA) is 87.0 Å². The molecule has 4 rings (SSSR count). The Labute approximate surface area is 166 Å². The number of aldehydes is 1. The third kappa shape index (κ3) is 4.08. The Balaban J connectivity index is 1.58. The lowest BCUT2D eigenvalue weighted by atomic mass is 10.1. The average molecular weight is 384 g/mol. The molecule has 0 fully saturated rings. The molecule has 7 heteroatoms. The van der Waals surface area contributed by atoms with E-state index in [1.54, 1.807) is 12.3 Å². The van der Waals surface area contributed by atoms with E-state index in [4.69, 9.17) is 4.74 Å². The Morgan fingerprint density at radius 2 is 1.72 bits per heavy atom. The summed E-state index contributed by atoms with van der Waals surface area (Å²) in [6, 6.07) is 20.3. The van der Waals surface area contributed by atoms with Crippen molar-refractivity contribution < 1.29 is 14.3 Å². The molecule has 0 radical (unpaired) electrons. The van der Waals surface area contributed by atoms with Crippen molar-refractivity contribution in [3.63, 3.8) is 0 Å². The summed E-state index contributed by atoms with van der Waals surface area (Å²) in [6.07, 6.45) is 3.75. The lowest BCUT2D eigenvalue weighted by molar-refractivity contribution is 0.0458. The Kier molecular flexibility index (Phi) is 5.20. The van der Waals surface area contributed by atoms with E-state index in [1.807, 2.05) is 60.7 Å². The number of benzene rings is 2. The van der Waals surface area contributed by atoms with Gasteiger partial charge in [-0.05, 0) is 5.56 Å². The number of nitrogens with zero attached hydrogens (tertiary/aromatic N) is 4. The normalized spacial score (nSPS) is 10.5. The van der Waals surface area contributed by atoms with E-state index in [-0.39, 0.29) is 12.4 Å². The van der Waals surface area contributed by atoms with Crippen LogP contribution in [0.4, 0.5) is 0 Å². The molecule has 142 valence electrons. The van der Waals surface area contributed by atoms with Gasteiger partial charge in [0.05, 0.1) is 5.56 Å². The second-order valence-corrected chi connectivity index (χ2v) is 6.16. The Morgan fingerprint density at radius 3 is 2.45 bits per heavy atom. The molecule has 0 unspecified atom stereocenters. The van der Waals surface area contributed by atoms with Crippen molar-refractivity contribution in [2.75, 3.05) is 0 Å². The summed E-state index contributed by atoms with van der Waals surface area (Å²) in [5.41, 5.74) is 2.63.